The fourth-order valence-corrected chi connectivity index (χ4v) is 4.57. The first kappa shape index (κ1) is 22.2. The smallest absolute Gasteiger partial charge is 0.338 e. The Bertz CT molecular complexity index is 1030. The highest BCUT2D eigenvalue weighted by molar-refractivity contribution is 7.99. The van der Waals surface area contributed by atoms with Crippen molar-refractivity contribution < 1.29 is 9.53 Å². The van der Waals surface area contributed by atoms with Crippen molar-refractivity contribution in [1.29, 1.82) is 0 Å². The van der Waals surface area contributed by atoms with Crippen molar-refractivity contribution in [1.82, 2.24) is 0 Å². The molecule has 0 aromatic heterocycles. The molecule has 0 aliphatic heterocycles. The van der Waals surface area contributed by atoms with E-state index in [4.69, 9.17) is 16.3 Å². The highest BCUT2D eigenvalue weighted by atomic mass is 35.5. The number of hydrogen-bond donors (Lipinski definition) is 0. The molecule has 0 atom stereocenters. The SMILES string of the molecule is COC(=O)c1cccc(C)c1/C(=C\c1ccccc1)CCCSc1cccc(Cl)c1. The van der Waals surface area contributed by atoms with Gasteiger partial charge in [0.2, 0.25) is 0 Å². The first-order valence-corrected chi connectivity index (χ1v) is 11.3. The van der Waals surface area contributed by atoms with Gasteiger partial charge in [0.15, 0.2) is 0 Å². The standard InChI is InChI=1S/C26H25ClO2S/c1-19-9-6-15-24(26(28)29-2)25(19)21(17-20-10-4-3-5-11-20)12-8-16-30-23-14-7-13-22(27)18-23/h3-7,9-11,13-15,17-18H,8,12,16H2,1-2H3/b21-17-. The summed E-state index contributed by atoms with van der Waals surface area (Å²) >= 11 is 7.88. The second-order valence-corrected chi connectivity index (χ2v) is 8.58. The summed E-state index contributed by atoms with van der Waals surface area (Å²) in [6.07, 6.45) is 4.01. The van der Waals surface area contributed by atoms with E-state index < -0.39 is 0 Å². The first-order valence-electron chi connectivity index (χ1n) is 9.91. The number of hydrogen-bond acceptors (Lipinski definition) is 3. The van der Waals surface area contributed by atoms with Crippen LogP contribution in [-0.2, 0) is 4.74 Å². The molecule has 154 valence electrons. The molecule has 0 fully saturated rings. The van der Waals surface area contributed by atoms with Crippen LogP contribution < -0.4 is 0 Å². The van der Waals surface area contributed by atoms with Crippen LogP contribution in [0, 0.1) is 6.92 Å². The minimum absolute atomic E-state index is 0.305. The molecule has 0 saturated heterocycles. The monoisotopic (exact) mass is 436 g/mol. The number of thioether (sulfide) groups is 1. The van der Waals surface area contributed by atoms with Crippen molar-refractivity contribution >= 4 is 41.0 Å². The average Bonchev–Trinajstić information content (AvgIpc) is 2.76. The summed E-state index contributed by atoms with van der Waals surface area (Å²) in [5.74, 6) is 0.660. The Balaban J connectivity index is 1.85. The fourth-order valence-electron chi connectivity index (χ4n) is 3.40. The second-order valence-electron chi connectivity index (χ2n) is 6.98. The van der Waals surface area contributed by atoms with Gasteiger partial charge in [-0.05, 0) is 72.0 Å². The minimum Gasteiger partial charge on any atom is -0.465 e. The van der Waals surface area contributed by atoms with Gasteiger partial charge in [0, 0.05) is 9.92 Å². The summed E-state index contributed by atoms with van der Waals surface area (Å²) in [7, 11) is 1.43. The zero-order valence-electron chi connectivity index (χ0n) is 17.2. The van der Waals surface area contributed by atoms with E-state index in [0.29, 0.717) is 5.56 Å². The molecule has 0 unspecified atom stereocenters. The van der Waals surface area contributed by atoms with E-state index in [2.05, 4.69) is 24.3 Å². The lowest BCUT2D eigenvalue weighted by Gasteiger charge is -2.15. The van der Waals surface area contributed by atoms with E-state index in [1.165, 1.54) is 12.0 Å². The summed E-state index contributed by atoms with van der Waals surface area (Å²) < 4.78 is 5.04. The van der Waals surface area contributed by atoms with Crippen LogP contribution in [0.2, 0.25) is 5.02 Å². The van der Waals surface area contributed by atoms with Crippen molar-refractivity contribution in [2.24, 2.45) is 0 Å². The lowest BCUT2D eigenvalue weighted by molar-refractivity contribution is 0.0600. The van der Waals surface area contributed by atoms with Crippen molar-refractivity contribution in [3.63, 3.8) is 0 Å². The summed E-state index contributed by atoms with van der Waals surface area (Å²) in [4.78, 5) is 13.6. The maximum absolute atomic E-state index is 12.4. The van der Waals surface area contributed by atoms with Crippen LogP contribution in [0.4, 0.5) is 0 Å². The molecule has 0 heterocycles. The second kappa shape index (κ2) is 11.1. The number of rotatable bonds is 8. The number of carbonyl (C=O) groups excluding carboxylic acids is 1. The summed E-state index contributed by atoms with van der Waals surface area (Å²) in [5.41, 5.74) is 4.92. The molecule has 3 aromatic rings. The van der Waals surface area contributed by atoms with Gasteiger partial charge >= 0.3 is 5.97 Å². The van der Waals surface area contributed by atoms with Crippen LogP contribution in [0.1, 0.15) is 39.9 Å². The summed E-state index contributed by atoms with van der Waals surface area (Å²) in [6.45, 7) is 2.04. The van der Waals surface area contributed by atoms with Gasteiger partial charge in [-0.25, -0.2) is 4.79 Å². The number of carbonyl (C=O) groups is 1. The lowest BCUT2D eigenvalue weighted by Crippen LogP contribution is -2.07. The minimum atomic E-state index is -0.305. The van der Waals surface area contributed by atoms with Crippen LogP contribution in [0.3, 0.4) is 0 Å². The Labute approximate surface area is 187 Å². The van der Waals surface area contributed by atoms with E-state index in [1.807, 2.05) is 61.5 Å². The largest absolute Gasteiger partial charge is 0.465 e. The van der Waals surface area contributed by atoms with Gasteiger partial charge in [-0.1, -0.05) is 66.2 Å². The molecule has 3 aromatic carbocycles. The van der Waals surface area contributed by atoms with E-state index in [1.54, 1.807) is 11.8 Å². The van der Waals surface area contributed by atoms with E-state index in [9.17, 15) is 4.79 Å². The zero-order chi connectivity index (χ0) is 21.3. The Morgan fingerprint density at radius 3 is 2.53 bits per heavy atom. The first-order chi connectivity index (χ1) is 14.6. The number of esters is 1. The molecule has 30 heavy (non-hydrogen) atoms. The lowest BCUT2D eigenvalue weighted by atomic mass is 9.91. The van der Waals surface area contributed by atoms with E-state index >= 15 is 0 Å². The van der Waals surface area contributed by atoms with Crippen LogP contribution in [0.5, 0.6) is 0 Å². The highest BCUT2D eigenvalue weighted by Gasteiger charge is 2.17. The molecular weight excluding hydrogens is 412 g/mol. The number of benzene rings is 3. The Kier molecular flexibility index (Phi) is 8.18. The van der Waals surface area contributed by atoms with E-state index in [-0.39, 0.29) is 5.97 Å². The molecule has 0 aliphatic rings. The maximum atomic E-state index is 12.4. The fraction of sp³-hybridized carbons (Fsp3) is 0.192. The third kappa shape index (κ3) is 6.01. The van der Waals surface area contributed by atoms with Crippen molar-refractivity contribution in [2.75, 3.05) is 12.9 Å². The predicted octanol–water partition coefficient (Wildman–Crippen LogP) is 7.55. The normalized spacial score (nSPS) is 11.4. The zero-order valence-corrected chi connectivity index (χ0v) is 18.8. The molecule has 0 spiro atoms. The molecule has 0 bridgehead atoms. The van der Waals surface area contributed by atoms with Gasteiger partial charge in [0.1, 0.15) is 0 Å². The Morgan fingerprint density at radius 1 is 1.03 bits per heavy atom. The molecule has 3 rings (SSSR count). The summed E-state index contributed by atoms with van der Waals surface area (Å²) in [5, 5.41) is 0.757. The van der Waals surface area contributed by atoms with Gasteiger partial charge in [-0.2, -0.15) is 0 Å². The third-order valence-corrected chi connectivity index (χ3v) is 6.11. The number of methoxy groups -OCH3 is 1. The van der Waals surface area contributed by atoms with Gasteiger partial charge in [0.05, 0.1) is 12.7 Å². The molecule has 4 heteroatoms. The molecule has 0 radical (unpaired) electrons. The van der Waals surface area contributed by atoms with Crippen molar-refractivity contribution in [2.45, 2.75) is 24.7 Å². The highest BCUT2D eigenvalue weighted by Crippen LogP contribution is 2.31. The molecule has 0 saturated carbocycles. The van der Waals surface area contributed by atoms with Gasteiger partial charge < -0.3 is 4.74 Å². The number of allylic oxidation sites excluding steroid dienone is 1. The molecule has 0 aliphatic carbocycles. The van der Waals surface area contributed by atoms with Crippen LogP contribution >= 0.6 is 23.4 Å². The van der Waals surface area contributed by atoms with Crippen LogP contribution in [-0.4, -0.2) is 18.8 Å². The van der Waals surface area contributed by atoms with Gasteiger partial charge in [0.25, 0.3) is 0 Å². The number of ether oxygens (including phenoxy) is 1. The summed E-state index contributed by atoms with van der Waals surface area (Å²) in [6, 6.07) is 23.9. The topological polar surface area (TPSA) is 26.3 Å². The third-order valence-electron chi connectivity index (χ3n) is 4.79. The van der Waals surface area contributed by atoms with Gasteiger partial charge in [-0.15, -0.1) is 11.8 Å². The Morgan fingerprint density at radius 2 is 1.80 bits per heavy atom. The quantitative estimate of drug-likeness (QED) is 0.158. The Hall–Kier alpha value is -2.49. The molecule has 2 nitrogen and oxygen atoms in total. The molecule has 0 N–H and O–H groups in total. The van der Waals surface area contributed by atoms with Crippen LogP contribution in [0.15, 0.2) is 77.7 Å². The van der Waals surface area contributed by atoms with E-state index in [0.717, 1.165) is 45.9 Å². The number of halogens is 1. The van der Waals surface area contributed by atoms with Gasteiger partial charge in [-0.3, -0.25) is 0 Å². The predicted molar refractivity (Wildman–Crippen MR) is 128 cm³/mol. The van der Waals surface area contributed by atoms with Crippen molar-refractivity contribution in [3.8, 4) is 0 Å². The number of aryl methyl sites for hydroxylation is 1. The average molecular weight is 437 g/mol. The van der Waals surface area contributed by atoms with Crippen molar-refractivity contribution in [3.05, 3.63) is 100 Å². The molecular formula is C26H25ClO2S. The maximum Gasteiger partial charge on any atom is 0.338 e. The van der Waals surface area contributed by atoms with Crippen LogP contribution in [0.25, 0.3) is 11.6 Å². The molecule has 0 amide bonds.